The highest BCUT2D eigenvalue weighted by Crippen LogP contribution is 2.26. The van der Waals surface area contributed by atoms with E-state index in [2.05, 4.69) is 27.8 Å². The monoisotopic (exact) mass is 344 g/mol. The van der Waals surface area contributed by atoms with Crippen LogP contribution in [-0.2, 0) is 11.3 Å². The molecule has 1 aromatic heterocycles. The van der Waals surface area contributed by atoms with Gasteiger partial charge in [0.25, 0.3) is 0 Å². The zero-order valence-corrected chi connectivity index (χ0v) is 14.6. The number of anilines is 1. The summed E-state index contributed by atoms with van der Waals surface area (Å²) in [7, 11) is 0. The van der Waals surface area contributed by atoms with Crippen LogP contribution in [0.15, 0.2) is 72.1 Å². The number of Topliss-reactive ketones (excluding diaryl/α,β-unsaturated/α-hetero) is 1. The van der Waals surface area contributed by atoms with Crippen LogP contribution in [0.4, 0.5) is 5.69 Å². The van der Waals surface area contributed by atoms with E-state index in [-0.39, 0.29) is 5.78 Å². The Balaban J connectivity index is 1.46. The third-order valence-corrected chi connectivity index (χ3v) is 4.67. The number of benzene rings is 2. The van der Waals surface area contributed by atoms with Crippen molar-refractivity contribution in [2.24, 2.45) is 0 Å². The second kappa shape index (κ2) is 6.96. The van der Waals surface area contributed by atoms with Crippen LogP contribution in [-0.4, -0.2) is 20.8 Å². The number of hydrogen-bond donors (Lipinski definition) is 1. The first-order valence-corrected chi connectivity index (χ1v) is 8.73. The van der Waals surface area contributed by atoms with Crippen molar-refractivity contribution in [2.75, 3.05) is 5.32 Å². The molecule has 0 saturated heterocycles. The zero-order valence-electron chi connectivity index (χ0n) is 14.6. The maximum absolute atomic E-state index is 11.6. The van der Waals surface area contributed by atoms with Gasteiger partial charge in [-0.05, 0) is 31.0 Å². The number of allylic oxidation sites excluding steroid dienone is 2. The van der Waals surface area contributed by atoms with E-state index in [1.54, 1.807) is 0 Å². The molecule has 1 aliphatic rings. The predicted octanol–water partition coefficient (Wildman–Crippen LogP) is 4.04. The molecule has 1 aliphatic carbocycles. The van der Waals surface area contributed by atoms with Crippen molar-refractivity contribution in [1.29, 1.82) is 0 Å². The van der Waals surface area contributed by atoms with Crippen molar-refractivity contribution in [1.82, 2.24) is 15.0 Å². The second-order valence-electron chi connectivity index (χ2n) is 6.52. The van der Waals surface area contributed by atoms with Crippen molar-refractivity contribution < 1.29 is 4.79 Å². The Morgan fingerprint density at radius 2 is 1.81 bits per heavy atom. The van der Waals surface area contributed by atoms with E-state index in [1.807, 2.05) is 60.3 Å². The van der Waals surface area contributed by atoms with Crippen LogP contribution >= 0.6 is 0 Å². The molecule has 5 nitrogen and oxygen atoms in total. The molecule has 1 N–H and O–H groups in total. The van der Waals surface area contributed by atoms with Crippen LogP contribution in [0.5, 0.6) is 0 Å². The van der Waals surface area contributed by atoms with E-state index in [4.69, 9.17) is 0 Å². The number of aromatic nitrogens is 3. The number of rotatable bonds is 5. The first-order chi connectivity index (χ1) is 12.7. The van der Waals surface area contributed by atoms with Crippen molar-refractivity contribution in [3.05, 3.63) is 77.6 Å². The van der Waals surface area contributed by atoms with Crippen LogP contribution in [0.25, 0.3) is 11.3 Å². The van der Waals surface area contributed by atoms with Gasteiger partial charge in [-0.25, -0.2) is 4.68 Å². The highest BCUT2D eigenvalue weighted by Gasteiger charge is 2.19. The fourth-order valence-corrected chi connectivity index (χ4v) is 3.12. The van der Waals surface area contributed by atoms with Crippen molar-refractivity contribution in [3.8, 4) is 11.3 Å². The molecule has 0 radical (unpaired) electrons. The Bertz CT molecular complexity index is 955. The Morgan fingerprint density at radius 1 is 1.04 bits per heavy atom. The number of carbonyl (C=O) groups excluding carboxylic acids is 1. The van der Waals surface area contributed by atoms with Crippen molar-refractivity contribution in [3.63, 3.8) is 0 Å². The molecule has 0 fully saturated rings. The first kappa shape index (κ1) is 16.3. The zero-order chi connectivity index (χ0) is 17.9. The van der Waals surface area contributed by atoms with E-state index in [1.165, 1.54) is 5.56 Å². The van der Waals surface area contributed by atoms with Gasteiger partial charge in [-0.2, -0.15) is 0 Å². The Kier molecular flexibility index (Phi) is 4.35. The van der Waals surface area contributed by atoms with E-state index in [0.717, 1.165) is 34.6 Å². The highest BCUT2D eigenvalue weighted by atomic mass is 16.1. The molecule has 0 aliphatic heterocycles. The lowest BCUT2D eigenvalue weighted by atomic mass is 10.1. The standard InChI is InChI=1S/C21H20N4O/c1-15-19(11-12-21(15)26)22-18-9-7-17(8-10-18)20-14-25(24-23-20)13-16-5-3-2-4-6-16/h2-10,14,22H,11-13H2,1H3. The highest BCUT2D eigenvalue weighted by molar-refractivity contribution is 5.98. The lowest BCUT2D eigenvalue weighted by molar-refractivity contribution is -0.114. The van der Waals surface area contributed by atoms with Gasteiger partial charge in [-0.15, -0.1) is 5.10 Å². The number of hydrogen-bond acceptors (Lipinski definition) is 4. The minimum atomic E-state index is 0.235. The quantitative estimate of drug-likeness (QED) is 0.759. The van der Waals surface area contributed by atoms with Gasteiger partial charge in [0, 0.05) is 28.9 Å². The maximum atomic E-state index is 11.6. The third kappa shape index (κ3) is 3.42. The molecule has 26 heavy (non-hydrogen) atoms. The van der Waals surface area contributed by atoms with Crippen LogP contribution in [0.2, 0.25) is 0 Å². The largest absolute Gasteiger partial charge is 0.359 e. The van der Waals surface area contributed by atoms with Crippen molar-refractivity contribution >= 4 is 11.5 Å². The van der Waals surface area contributed by atoms with E-state index in [0.29, 0.717) is 13.0 Å². The molecule has 0 bridgehead atoms. The normalized spacial score (nSPS) is 14.1. The molecule has 3 aromatic rings. The van der Waals surface area contributed by atoms with Gasteiger partial charge in [-0.1, -0.05) is 47.7 Å². The van der Waals surface area contributed by atoms with Gasteiger partial charge in [0.05, 0.1) is 12.7 Å². The summed E-state index contributed by atoms with van der Waals surface area (Å²) in [6.45, 7) is 2.59. The fraction of sp³-hybridized carbons (Fsp3) is 0.190. The molecular weight excluding hydrogens is 324 g/mol. The molecular formula is C21H20N4O. The van der Waals surface area contributed by atoms with Gasteiger partial charge in [0.2, 0.25) is 0 Å². The smallest absolute Gasteiger partial charge is 0.160 e. The van der Waals surface area contributed by atoms with E-state index < -0.39 is 0 Å². The molecule has 2 aromatic carbocycles. The third-order valence-electron chi connectivity index (χ3n) is 4.67. The summed E-state index contributed by atoms with van der Waals surface area (Å²) in [5, 5.41) is 11.8. The second-order valence-corrected chi connectivity index (χ2v) is 6.52. The van der Waals surface area contributed by atoms with Crippen molar-refractivity contribution in [2.45, 2.75) is 26.3 Å². The van der Waals surface area contributed by atoms with Crippen LogP contribution in [0.3, 0.4) is 0 Å². The summed E-state index contributed by atoms with van der Waals surface area (Å²) < 4.78 is 1.84. The summed E-state index contributed by atoms with van der Waals surface area (Å²) in [5.41, 5.74) is 5.91. The average molecular weight is 344 g/mol. The van der Waals surface area contributed by atoms with Crippen LogP contribution in [0, 0.1) is 0 Å². The maximum Gasteiger partial charge on any atom is 0.160 e. The summed E-state index contributed by atoms with van der Waals surface area (Å²) >= 11 is 0. The lowest BCUT2D eigenvalue weighted by Gasteiger charge is -2.08. The average Bonchev–Trinajstić information content (AvgIpc) is 3.25. The van der Waals surface area contributed by atoms with E-state index in [9.17, 15) is 4.79 Å². The summed E-state index contributed by atoms with van der Waals surface area (Å²) in [5.74, 6) is 0.235. The number of ketones is 1. The minimum Gasteiger partial charge on any atom is -0.359 e. The Hall–Kier alpha value is -3.21. The molecule has 0 unspecified atom stereocenters. The molecule has 4 rings (SSSR count). The Morgan fingerprint density at radius 3 is 2.50 bits per heavy atom. The SMILES string of the molecule is CC1=C(Nc2ccc(-c3cn(Cc4ccccc4)nn3)cc2)CCC1=O. The summed E-state index contributed by atoms with van der Waals surface area (Å²) in [4.78, 5) is 11.6. The van der Waals surface area contributed by atoms with Gasteiger partial charge in [-0.3, -0.25) is 4.79 Å². The minimum absolute atomic E-state index is 0.235. The van der Waals surface area contributed by atoms with Gasteiger partial charge >= 0.3 is 0 Å². The lowest BCUT2D eigenvalue weighted by Crippen LogP contribution is -1.99. The molecule has 0 saturated carbocycles. The van der Waals surface area contributed by atoms with E-state index >= 15 is 0 Å². The summed E-state index contributed by atoms with van der Waals surface area (Å²) in [6, 6.07) is 18.3. The van der Waals surface area contributed by atoms with Gasteiger partial charge in [0.1, 0.15) is 5.69 Å². The Labute approximate surface area is 152 Å². The van der Waals surface area contributed by atoms with Crippen LogP contribution in [0.1, 0.15) is 25.3 Å². The fourth-order valence-electron chi connectivity index (χ4n) is 3.12. The predicted molar refractivity (Wildman–Crippen MR) is 102 cm³/mol. The molecule has 0 atom stereocenters. The first-order valence-electron chi connectivity index (χ1n) is 8.73. The number of nitrogens with one attached hydrogen (secondary N) is 1. The summed E-state index contributed by atoms with van der Waals surface area (Å²) in [6.07, 6.45) is 3.36. The molecule has 1 heterocycles. The molecule has 130 valence electrons. The molecule has 0 spiro atoms. The molecule has 0 amide bonds. The van der Waals surface area contributed by atoms with Gasteiger partial charge in [0.15, 0.2) is 5.78 Å². The van der Waals surface area contributed by atoms with Crippen LogP contribution < -0.4 is 5.32 Å². The number of nitrogens with zero attached hydrogens (tertiary/aromatic N) is 3. The van der Waals surface area contributed by atoms with Gasteiger partial charge < -0.3 is 5.32 Å². The topological polar surface area (TPSA) is 59.8 Å². The number of carbonyl (C=O) groups is 1. The molecule has 5 heteroatoms.